The first-order valence-corrected chi connectivity index (χ1v) is 11.1. The topological polar surface area (TPSA) is 118 Å². The molecular weight excluding hydrogens is 424 g/mol. The van der Waals surface area contributed by atoms with Crippen molar-refractivity contribution in [1.82, 2.24) is 10.2 Å². The van der Waals surface area contributed by atoms with Crippen LogP contribution in [0.5, 0.6) is 0 Å². The normalized spacial score (nSPS) is 12.0. The number of halogens is 1. The van der Waals surface area contributed by atoms with Crippen LogP contribution < -0.4 is 10.5 Å². The second-order valence-electron chi connectivity index (χ2n) is 7.99. The van der Waals surface area contributed by atoms with E-state index in [0.29, 0.717) is 27.5 Å². The number of hydrogen-bond acceptors (Lipinski definition) is 4. The first-order valence-electron chi connectivity index (χ1n) is 9.21. The second kappa shape index (κ2) is 8.22. The summed E-state index contributed by atoms with van der Waals surface area (Å²) in [6.45, 7) is 6.05. The number of aromatic nitrogens is 2. The van der Waals surface area contributed by atoms with Crippen LogP contribution >= 0.6 is 11.6 Å². The molecule has 0 saturated heterocycles. The van der Waals surface area contributed by atoms with Gasteiger partial charge in [0.05, 0.1) is 17.0 Å². The Morgan fingerprint density at radius 2 is 1.87 bits per heavy atom. The summed E-state index contributed by atoms with van der Waals surface area (Å²) in [6.07, 6.45) is 0.0560. The Balaban J connectivity index is 1.91. The van der Waals surface area contributed by atoms with Crippen molar-refractivity contribution in [2.75, 3.05) is 5.32 Å². The van der Waals surface area contributed by atoms with Crippen molar-refractivity contribution in [2.45, 2.75) is 37.5 Å². The maximum absolute atomic E-state index is 12.4. The third-order valence-corrected chi connectivity index (χ3v) is 5.86. The number of nitrogens with one attached hydrogen (secondary N) is 2. The second-order valence-corrected chi connectivity index (χ2v) is 9.93. The Morgan fingerprint density at radius 1 is 1.17 bits per heavy atom. The summed E-state index contributed by atoms with van der Waals surface area (Å²) >= 11 is 6.09. The number of nitrogens with two attached hydrogens (primary N) is 1. The van der Waals surface area contributed by atoms with Crippen molar-refractivity contribution in [2.24, 2.45) is 5.14 Å². The van der Waals surface area contributed by atoms with Crippen molar-refractivity contribution < 1.29 is 13.2 Å². The average Bonchev–Trinajstić information content (AvgIpc) is 3.13. The highest BCUT2D eigenvalue weighted by molar-refractivity contribution is 7.89. The molecule has 0 aliphatic heterocycles. The van der Waals surface area contributed by atoms with Gasteiger partial charge < -0.3 is 5.32 Å². The minimum atomic E-state index is -4.06. The smallest absolute Gasteiger partial charge is 0.238 e. The van der Waals surface area contributed by atoms with Crippen molar-refractivity contribution in [3.05, 3.63) is 64.8 Å². The third kappa shape index (κ3) is 5.08. The van der Waals surface area contributed by atoms with E-state index in [1.807, 2.05) is 20.8 Å². The van der Waals surface area contributed by atoms with E-state index in [-0.39, 0.29) is 22.6 Å². The zero-order chi connectivity index (χ0) is 22.1. The summed E-state index contributed by atoms with van der Waals surface area (Å²) in [5, 5.41) is 15.8. The molecule has 1 aromatic heterocycles. The quantitative estimate of drug-likeness (QED) is 0.551. The number of nitrogens with zero attached hydrogens (tertiary/aromatic N) is 1. The lowest BCUT2D eigenvalue weighted by Crippen LogP contribution is -2.17. The fraction of sp³-hybridized carbons (Fsp3) is 0.238. The first kappa shape index (κ1) is 22.0. The summed E-state index contributed by atoms with van der Waals surface area (Å²) < 4.78 is 24.4. The Hall–Kier alpha value is -2.68. The molecule has 2 aromatic carbocycles. The van der Waals surface area contributed by atoms with Gasteiger partial charge in [0.2, 0.25) is 15.9 Å². The molecule has 30 heavy (non-hydrogen) atoms. The fourth-order valence-corrected chi connectivity index (χ4v) is 3.88. The molecular formula is C21H23ClN4O3S. The van der Waals surface area contributed by atoms with Gasteiger partial charge in [0.25, 0.3) is 0 Å². The molecule has 0 aliphatic carbocycles. The SMILES string of the molecule is CC(C)(C)c1cc(-c2ccc(NC(=O)Cc3ccccc3Cl)cc2S(N)(=O)=O)n[nH]1. The van der Waals surface area contributed by atoms with E-state index >= 15 is 0 Å². The lowest BCUT2D eigenvalue weighted by Gasteiger charge is -2.14. The van der Waals surface area contributed by atoms with Gasteiger partial charge >= 0.3 is 0 Å². The highest BCUT2D eigenvalue weighted by atomic mass is 35.5. The van der Waals surface area contributed by atoms with E-state index in [1.54, 1.807) is 42.5 Å². The number of H-pyrrole nitrogens is 1. The number of primary sulfonamides is 1. The predicted molar refractivity (Wildman–Crippen MR) is 118 cm³/mol. The number of anilines is 1. The van der Waals surface area contributed by atoms with Crippen molar-refractivity contribution in [1.29, 1.82) is 0 Å². The molecule has 0 radical (unpaired) electrons. The van der Waals surface area contributed by atoms with Crippen LogP contribution in [0.2, 0.25) is 5.02 Å². The first-order chi connectivity index (χ1) is 13.9. The van der Waals surface area contributed by atoms with Gasteiger partial charge in [0.15, 0.2) is 0 Å². The van der Waals surface area contributed by atoms with Crippen molar-refractivity contribution >= 4 is 33.2 Å². The summed E-state index contributed by atoms with van der Waals surface area (Å²) in [5.41, 5.74) is 2.47. The number of sulfonamides is 1. The zero-order valence-electron chi connectivity index (χ0n) is 16.9. The van der Waals surface area contributed by atoms with Gasteiger partial charge in [0, 0.05) is 27.4 Å². The molecule has 7 nitrogen and oxygen atoms in total. The lowest BCUT2D eigenvalue weighted by atomic mass is 9.92. The highest BCUT2D eigenvalue weighted by Gasteiger charge is 2.22. The van der Waals surface area contributed by atoms with E-state index in [9.17, 15) is 13.2 Å². The predicted octanol–water partition coefficient (Wildman–Crippen LogP) is 3.86. The molecule has 0 unspecified atom stereocenters. The van der Waals surface area contributed by atoms with Gasteiger partial charge in [0.1, 0.15) is 0 Å². The van der Waals surface area contributed by atoms with Crippen LogP contribution in [0.3, 0.4) is 0 Å². The molecule has 0 aliphatic rings. The summed E-state index contributed by atoms with van der Waals surface area (Å²) in [5.74, 6) is -0.328. The van der Waals surface area contributed by atoms with Crippen LogP contribution in [0, 0.1) is 0 Å². The third-order valence-electron chi connectivity index (χ3n) is 4.54. The maximum Gasteiger partial charge on any atom is 0.238 e. The Morgan fingerprint density at radius 3 is 2.47 bits per heavy atom. The molecule has 0 saturated carbocycles. The molecule has 0 bridgehead atoms. The van der Waals surface area contributed by atoms with E-state index in [0.717, 1.165) is 5.69 Å². The number of carbonyl (C=O) groups is 1. The van der Waals surface area contributed by atoms with Crippen LogP contribution in [-0.2, 0) is 26.7 Å². The van der Waals surface area contributed by atoms with E-state index in [2.05, 4.69) is 15.5 Å². The van der Waals surface area contributed by atoms with Gasteiger partial charge in [-0.1, -0.05) is 50.6 Å². The Kier molecular flexibility index (Phi) is 6.03. The maximum atomic E-state index is 12.4. The average molecular weight is 447 g/mol. The molecule has 1 amide bonds. The summed E-state index contributed by atoms with van der Waals surface area (Å²) in [6, 6.07) is 13.3. The van der Waals surface area contributed by atoms with Crippen molar-refractivity contribution in [3.63, 3.8) is 0 Å². The summed E-state index contributed by atoms with van der Waals surface area (Å²) in [4.78, 5) is 12.3. The van der Waals surface area contributed by atoms with Gasteiger partial charge in [-0.25, -0.2) is 13.6 Å². The van der Waals surface area contributed by atoms with Crippen LogP contribution in [-0.4, -0.2) is 24.5 Å². The van der Waals surface area contributed by atoms with E-state index in [1.165, 1.54) is 6.07 Å². The molecule has 4 N–H and O–H groups in total. The molecule has 3 aromatic rings. The molecule has 158 valence electrons. The van der Waals surface area contributed by atoms with E-state index < -0.39 is 10.0 Å². The van der Waals surface area contributed by atoms with Gasteiger partial charge in [-0.2, -0.15) is 5.10 Å². The van der Waals surface area contributed by atoms with Gasteiger partial charge in [-0.05, 0) is 35.9 Å². The molecule has 1 heterocycles. The van der Waals surface area contributed by atoms with Gasteiger partial charge in [-0.3, -0.25) is 9.89 Å². The standard InChI is InChI=1S/C21H23ClN4O3S/c1-21(2,3)19-12-17(25-26-19)15-9-8-14(11-18(15)30(23,28)29)24-20(27)10-13-6-4-5-7-16(13)22/h4-9,11-12H,10H2,1-3H3,(H,24,27)(H,25,26)(H2,23,28,29). The number of carbonyl (C=O) groups excluding carboxylic acids is 1. The number of hydrogen-bond donors (Lipinski definition) is 3. The van der Waals surface area contributed by atoms with Crippen LogP contribution in [0.1, 0.15) is 32.0 Å². The summed E-state index contributed by atoms with van der Waals surface area (Å²) in [7, 11) is -4.06. The minimum Gasteiger partial charge on any atom is -0.326 e. The van der Waals surface area contributed by atoms with Crippen LogP contribution in [0.15, 0.2) is 53.4 Å². The fourth-order valence-electron chi connectivity index (χ4n) is 2.91. The van der Waals surface area contributed by atoms with Crippen molar-refractivity contribution in [3.8, 4) is 11.3 Å². The molecule has 0 spiro atoms. The van der Waals surface area contributed by atoms with Gasteiger partial charge in [-0.15, -0.1) is 0 Å². The zero-order valence-corrected chi connectivity index (χ0v) is 18.4. The number of rotatable bonds is 5. The largest absolute Gasteiger partial charge is 0.326 e. The molecule has 3 rings (SSSR count). The molecule has 0 atom stereocenters. The monoisotopic (exact) mass is 446 g/mol. The highest BCUT2D eigenvalue weighted by Crippen LogP contribution is 2.31. The van der Waals surface area contributed by atoms with E-state index in [4.69, 9.17) is 16.7 Å². The molecule has 0 fully saturated rings. The number of benzene rings is 2. The Bertz CT molecular complexity index is 1200. The van der Waals surface area contributed by atoms with Crippen LogP contribution in [0.4, 0.5) is 5.69 Å². The number of aromatic amines is 1. The lowest BCUT2D eigenvalue weighted by molar-refractivity contribution is -0.115. The Labute approximate surface area is 180 Å². The van der Waals surface area contributed by atoms with Crippen LogP contribution in [0.25, 0.3) is 11.3 Å². The minimum absolute atomic E-state index is 0.0560. The number of amides is 1. The molecule has 9 heteroatoms.